The van der Waals surface area contributed by atoms with E-state index in [2.05, 4.69) is 26.6 Å². The summed E-state index contributed by atoms with van der Waals surface area (Å²) in [4.78, 5) is 24.3. The third kappa shape index (κ3) is 4.59. The minimum atomic E-state index is -0.956. The number of benzene rings is 1. The zero-order valence-electron chi connectivity index (χ0n) is 11.1. The molecule has 1 unspecified atom stereocenters. The molecule has 1 heterocycles. The molecular formula is C13H15BrClN3O3. The van der Waals surface area contributed by atoms with E-state index in [9.17, 15) is 9.59 Å². The topological polar surface area (TPSA) is 81.7 Å². The molecule has 6 nitrogen and oxygen atoms in total. The lowest BCUT2D eigenvalue weighted by atomic mass is 10.1. The Balaban J connectivity index is 1.91. The molecule has 0 spiro atoms. The fourth-order valence-corrected chi connectivity index (χ4v) is 2.93. The number of carbonyl (C=O) groups is 2. The van der Waals surface area contributed by atoms with Gasteiger partial charge in [0.25, 0.3) is 0 Å². The summed E-state index contributed by atoms with van der Waals surface area (Å²) in [7, 11) is 0. The Labute approximate surface area is 135 Å². The van der Waals surface area contributed by atoms with Crippen LogP contribution in [0, 0.1) is 0 Å². The van der Waals surface area contributed by atoms with Crippen LogP contribution in [-0.2, 0) is 4.79 Å². The molecule has 1 aliphatic heterocycles. The molecule has 1 aromatic carbocycles. The van der Waals surface area contributed by atoms with Crippen LogP contribution in [0.1, 0.15) is 6.42 Å². The molecule has 0 saturated carbocycles. The van der Waals surface area contributed by atoms with Crippen molar-refractivity contribution < 1.29 is 14.7 Å². The number of nitrogens with one attached hydrogen (secondary N) is 2. The predicted molar refractivity (Wildman–Crippen MR) is 83.8 cm³/mol. The maximum atomic E-state index is 12.0. The summed E-state index contributed by atoms with van der Waals surface area (Å²) < 4.78 is 0.701. The smallest absolute Gasteiger partial charge is 0.407 e. The van der Waals surface area contributed by atoms with Crippen LogP contribution in [0.2, 0.25) is 5.02 Å². The Morgan fingerprint density at radius 1 is 1.52 bits per heavy atom. The zero-order valence-corrected chi connectivity index (χ0v) is 13.4. The first-order valence-corrected chi connectivity index (χ1v) is 7.59. The number of nitrogens with zero attached hydrogens (tertiary/aromatic N) is 1. The van der Waals surface area contributed by atoms with Gasteiger partial charge in [-0.05, 0) is 34.1 Å². The molecule has 1 aromatic rings. The normalized spacial score (nSPS) is 18.4. The van der Waals surface area contributed by atoms with Gasteiger partial charge in [0.15, 0.2) is 0 Å². The van der Waals surface area contributed by atoms with Gasteiger partial charge in [-0.3, -0.25) is 4.79 Å². The van der Waals surface area contributed by atoms with Gasteiger partial charge < -0.3 is 20.6 Å². The van der Waals surface area contributed by atoms with Crippen molar-refractivity contribution in [3.63, 3.8) is 0 Å². The highest BCUT2D eigenvalue weighted by molar-refractivity contribution is 9.10. The fraction of sp³-hybridized carbons (Fsp3) is 0.385. The SMILES string of the molecule is O=C(CC1CN(C(=O)O)CCN1)Nc1ccc(Cl)cc1Br. The number of piperazine rings is 1. The van der Waals surface area contributed by atoms with E-state index in [0.29, 0.717) is 34.8 Å². The van der Waals surface area contributed by atoms with E-state index in [1.54, 1.807) is 18.2 Å². The number of carbonyl (C=O) groups excluding carboxylic acids is 1. The zero-order chi connectivity index (χ0) is 15.4. The van der Waals surface area contributed by atoms with E-state index in [-0.39, 0.29) is 18.4 Å². The standard InChI is InChI=1S/C13H15BrClN3O3/c14-10-5-8(15)1-2-11(10)17-12(19)6-9-7-18(13(20)21)4-3-16-9/h1-2,5,9,16H,3-4,6-7H2,(H,17,19)(H,20,21). The highest BCUT2D eigenvalue weighted by atomic mass is 79.9. The van der Waals surface area contributed by atoms with Gasteiger partial charge in [0, 0.05) is 41.6 Å². The highest BCUT2D eigenvalue weighted by Gasteiger charge is 2.24. The Kier molecular flexibility index (Phi) is 5.44. The van der Waals surface area contributed by atoms with E-state index in [1.807, 2.05) is 0 Å². The van der Waals surface area contributed by atoms with Gasteiger partial charge >= 0.3 is 6.09 Å². The fourth-order valence-electron chi connectivity index (χ4n) is 2.15. The maximum absolute atomic E-state index is 12.0. The third-order valence-corrected chi connectivity index (χ3v) is 4.05. The molecule has 1 fully saturated rings. The molecule has 1 aliphatic rings. The molecule has 2 rings (SSSR count). The summed E-state index contributed by atoms with van der Waals surface area (Å²) in [5.74, 6) is -0.178. The average molecular weight is 377 g/mol. The van der Waals surface area contributed by atoms with Crippen LogP contribution in [0.5, 0.6) is 0 Å². The molecule has 0 aromatic heterocycles. The third-order valence-electron chi connectivity index (χ3n) is 3.16. The number of amides is 2. The van der Waals surface area contributed by atoms with Crippen molar-refractivity contribution in [2.24, 2.45) is 0 Å². The molecular weight excluding hydrogens is 362 g/mol. The lowest BCUT2D eigenvalue weighted by Crippen LogP contribution is -2.53. The van der Waals surface area contributed by atoms with Gasteiger partial charge in [-0.1, -0.05) is 11.6 Å². The van der Waals surface area contributed by atoms with Crippen molar-refractivity contribution in [3.05, 3.63) is 27.7 Å². The molecule has 114 valence electrons. The molecule has 8 heteroatoms. The van der Waals surface area contributed by atoms with Gasteiger partial charge in [0.1, 0.15) is 0 Å². The van der Waals surface area contributed by atoms with Crippen LogP contribution < -0.4 is 10.6 Å². The Morgan fingerprint density at radius 3 is 2.95 bits per heavy atom. The molecule has 0 bridgehead atoms. The summed E-state index contributed by atoms with van der Waals surface area (Å²) in [5, 5.41) is 15.5. The number of hydrogen-bond donors (Lipinski definition) is 3. The second-order valence-electron chi connectivity index (χ2n) is 4.76. The molecule has 0 radical (unpaired) electrons. The van der Waals surface area contributed by atoms with Gasteiger partial charge in [-0.25, -0.2) is 4.79 Å². The number of carboxylic acid groups (broad SMARTS) is 1. The summed E-state index contributed by atoms with van der Waals surface area (Å²) in [6.45, 7) is 1.30. The van der Waals surface area contributed by atoms with Gasteiger partial charge in [-0.2, -0.15) is 0 Å². The van der Waals surface area contributed by atoms with Crippen molar-refractivity contribution in [2.45, 2.75) is 12.5 Å². The van der Waals surface area contributed by atoms with Crippen LogP contribution >= 0.6 is 27.5 Å². The predicted octanol–water partition coefficient (Wildman–Crippen LogP) is 2.38. The molecule has 0 aliphatic carbocycles. The summed E-state index contributed by atoms with van der Waals surface area (Å²) in [6.07, 6.45) is -0.749. The van der Waals surface area contributed by atoms with Crippen molar-refractivity contribution >= 4 is 45.2 Å². The van der Waals surface area contributed by atoms with Crippen LogP contribution in [0.3, 0.4) is 0 Å². The van der Waals surface area contributed by atoms with E-state index >= 15 is 0 Å². The number of halogens is 2. The van der Waals surface area contributed by atoms with E-state index < -0.39 is 6.09 Å². The van der Waals surface area contributed by atoms with E-state index in [0.717, 1.165) is 0 Å². The monoisotopic (exact) mass is 375 g/mol. The quantitative estimate of drug-likeness (QED) is 0.756. The second-order valence-corrected chi connectivity index (χ2v) is 6.05. The number of hydrogen-bond acceptors (Lipinski definition) is 3. The highest BCUT2D eigenvalue weighted by Crippen LogP contribution is 2.26. The van der Waals surface area contributed by atoms with Crippen LogP contribution in [0.25, 0.3) is 0 Å². The summed E-state index contributed by atoms with van der Waals surface area (Å²) >= 11 is 9.17. The number of rotatable bonds is 3. The van der Waals surface area contributed by atoms with Crippen molar-refractivity contribution in [1.82, 2.24) is 10.2 Å². The van der Waals surface area contributed by atoms with Gasteiger partial charge in [0.2, 0.25) is 5.91 Å². The first-order chi connectivity index (χ1) is 9.95. The molecule has 1 saturated heterocycles. The lowest BCUT2D eigenvalue weighted by molar-refractivity contribution is -0.116. The van der Waals surface area contributed by atoms with Crippen molar-refractivity contribution in [2.75, 3.05) is 25.0 Å². The minimum Gasteiger partial charge on any atom is -0.465 e. The van der Waals surface area contributed by atoms with Crippen molar-refractivity contribution in [3.8, 4) is 0 Å². The average Bonchev–Trinajstić information content (AvgIpc) is 2.42. The largest absolute Gasteiger partial charge is 0.465 e. The van der Waals surface area contributed by atoms with Crippen LogP contribution in [-0.4, -0.2) is 47.7 Å². The second kappa shape index (κ2) is 7.11. The van der Waals surface area contributed by atoms with E-state index in [4.69, 9.17) is 16.7 Å². The lowest BCUT2D eigenvalue weighted by Gasteiger charge is -2.31. The number of anilines is 1. The Hall–Kier alpha value is -1.31. The molecule has 3 N–H and O–H groups in total. The maximum Gasteiger partial charge on any atom is 0.407 e. The van der Waals surface area contributed by atoms with Crippen LogP contribution in [0.4, 0.5) is 10.5 Å². The molecule has 21 heavy (non-hydrogen) atoms. The summed E-state index contributed by atoms with van der Waals surface area (Å²) in [6, 6.07) is 4.91. The Bertz CT molecular complexity index is 555. The molecule has 2 amide bonds. The van der Waals surface area contributed by atoms with Gasteiger partial charge in [0.05, 0.1) is 5.69 Å². The summed E-state index contributed by atoms with van der Waals surface area (Å²) in [5.41, 5.74) is 0.635. The first-order valence-electron chi connectivity index (χ1n) is 6.42. The molecule has 1 atom stereocenters. The van der Waals surface area contributed by atoms with E-state index in [1.165, 1.54) is 4.90 Å². The minimum absolute atomic E-state index is 0.178. The van der Waals surface area contributed by atoms with Crippen molar-refractivity contribution in [1.29, 1.82) is 0 Å². The Morgan fingerprint density at radius 2 is 2.29 bits per heavy atom. The van der Waals surface area contributed by atoms with Crippen LogP contribution in [0.15, 0.2) is 22.7 Å². The first kappa shape index (κ1) is 16.1. The van der Waals surface area contributed by atoms with Gasteiger partial charge in [-0.15, -0.1) is 0 Å².